The number of aryl methyl sites for hydroxylation is 1. The molecule has 19 heavy (non-hydrogen) atoms. The summed E-state index contributed by atoms with van der Waals surface area (Å²) in [5.41, 5.74) is 2.88. The van der Waals surface area contributed by atoms with Gasteiger partial charge >= 0.3 is 0 Å². The Morgan fingerprint density at radius 3 is 2.37 bits per heavy atom. The topological polar surface area (TPSA) is 21.3 Å². The van der Waals surface area contributed by atoms with Gasteiger partial charge in [-0.2, -0.15) is 0 Å². The van der Waals surface area contributed by atoms with Crippen LogP contribution in [0.15, 0.2) is 24.3 Å². The highest BCUT2D eigenvalue weighted by molar-refractivity contribution is 5.24. The average Bonchev–Trinajstić information content (AvgIpc) is 2.42. The lowest BCUT2D eigenvalue weighted by Gasteiger charge is -2.13. The van der Waals surface area contributed by atoms with Crippen molar-refractivity contribution in [2.75, 3.05) is 26.8 Å². The second-order valence-electron chi connectivity index (χ2n) is 5.74. The van der Waals surface area contributed by atoms with Gasteiger partial charge < -0.3 is 10.1 Å². The van der Waals surface area contributed by atoms with Gasteiger partial charge in [-0.1, -0.05) is 45.0 Å². The van der Waals surface area contributed by atoms with E-state index in [1.165, 1.54) is 24.0 Å². The molecule has 0 saturated heterocycles. The molecule has 1 rings (SSSR count). The third-order valence-corrected chi connectivity index (χ3v) is 3.55. The first kappa shape index (κ1) is 16.2. The van der Waals surface area contributed by atoms with Crippen LogP contribution in [0.1, 0.15) is 44.2 Å². The number of hydrogen-bond acceptors (Lipinski definition) is 2. The lowest BCUT2D eigenvalue weighted by Crippen LogP contribution is -2.25. The molecule has 0 aliphatic carbocycles. The zero-order valence-corrected chi connectivity index (χ0v) is 12.9. The highest BCUT2D eigenvalue weighted by atomic mass is 16.5. The molecule has 108 valence electrons. The molecule has 1 aromatic carbocycles. The molecule has 0 saturated carbocycles. The molecule has 1 N–H and O–H groups in total. The van der Waals surface area contributed by atoms with Crippen molar-refractivity contribution in [2.45, 2.75) is 39.5 Å². The van der Waals surface area contributed by atoms with Crippen LogP contribution in [0.3, 0.4) is 0 Å². The highest BCUT2D eigenvalue weighted by Gasteiger charge is 2.03. The van der Waals surface area contributed by atoms with Gasteiger partial charge in [0.05, 0.1) is 6.61 Å². The Balaban J connectivity index is 2.24. The van der Waals surface area contributed by atoms with Crippen LogP contribution in [-0.4, -0.2) is 26.8 Å². The molecule has 0 radical (unpaired) electrons. The predicted molar refractivity (Wildman–Crippen MR) is 82.8 cm³/mol. The van der Waals surface area contributed by atoms with E-state index in [0.29, 0.717) is 11.8 Å². The van der Waals surface area contributed by atoms with Crippen LogP contribution in [0.2, 0.25) is 0 Å². The van der Waals surface area contributed by atoms with Crippen LogP contribution in [0.4, 0.5) is 0 Å². The zero-order valence-electron chi connectivity index (χ0n) is 12.9. The summed E-state index contributed by atoms with van der Waals surface area (Å²) >= 11 is 0. The van der Waals surface area contributed by atoms with Crippen LogP contribution in [0.5, 0.6) is 0 Å². The van der Waals surface area contributed by atoms with E-state index in [1.54, 1.807) is 7.11 Å². The predicted octanol–water partition coefficient (Wildman–Crippen LogP) is 3.61. The summed E-state index contributed by atoms with van der Waals surface area (Å²) in [5.74, 6) is 1.33. The summed E-state index contributed by atoms with van der Waals surface area (Å²) in [6.45, 7) is 9.61. The van der Waals surface area contributed by atoms with Gasteiger partial charge in [-0.25, -0.2) is 0 Å². The van der Waals surface area contributed by atoms with E-state index in [4.69, 9.17) is 4.74 Å². The molecular formula is C17H29NO. The summed E-state index contributed by atoms with van der Waals surface area (Å²) < 4.78 is 5.02. The van der Waals surface area contributed by atoms with Gasteiger partial charge in [-0.15, -0.1) is 0 Å². The summed E-state index contributed by atoms with van der Waals surface area (Å²) in [6.07, 6.45) is 2.41. The van der Waals surface area contributed by atoms with Crippen LogP contribution in [0, 0.1) is 5.92 Å². The maximum absolute atomic E-state index is 5.02. The van der Waals surface area contributed by atoms with Crippen molar-refractivity contribution >= 4 is 0 Å². The van der Waals surface area contributed by atoms with Crippen molar-refractivity contribution in [1.82, 2.24) is 5.32 Å². The van der Waals surface area contributed by atoms with Crippen molar-refractivity contribution in [3.63, 3.8) is 0 Å². The van der Waals surface area contributed by atoms with Gasteiger partial charge in [0.25, 0.3) is 0 Å². The fourth-order valence-electron chi connectivity index (χ4n) is 2.11. The molecule has 2 heteroatoms. The molecule has 0 aliphatic heterocycles. The zero-order chi connectivity index (χ0) is 14.1. The van der Waals surface area contributed by atoms with Gasteiger partial charge in [0, 0.05) is 13.7 Å². The second kappa shape index (κ2) is 9.11. The first-order chi connectivity index (χ1) is 9.13. The molecule has 0 spiro atoms. The smallest absolute Gasteiger partial charge is 0.0587 e. The third kappa shape index (κ3) is 6.74. The van der Waals surface area contributed by atoms with Crippen LogP contribution in [0.25, 0.3) is 0 Å². The summed E-state index contributed by atoms with van der Waals surface area (Å²) in [5, 5.41) is 3.42. The van der Waals surface area contributed by atoms with Crippen molar-refractivity contribution in [3.8, 4) is 0 Å². The normalized spacial score (nSPS) is 12.9. The lowest BCUT2D eigenvalue weighted by atomic mass is 9.97. The molecular weight excluding hydrogens is 234 g/mol. The maximum atomic E-state index is 5.02. The average molecular weight is 263 g/mol. The molecule has 0 aromatic heterocycles. The van der Waals surface area contributed by atoms with E-state index in [2.05, 4.69) is 50.4 Å². The van der Waals surface area contributed by atoms with E-state index in [9.17, 15) is 0 Å². The number of hydrogen-bond donors (Lipinski definition) is 1. The quantitative estimate of drug-likeness (QED) is 0.687. The van der Waals surface area contributed by atoms with Crippen molar-refractivity contribution in [1.29, 1.82) is 0 Å². The minimum Gasteiger partial charge on any atom is -0.383 e. The summed E-state index contributed by atoms with van der Waals surface area (Å²) in [4.78, 5) is 0. The van der Waals surface area contributed by atoms with Gasteiger partial charge in [0.2, 0.25) is 0 Å². The first-order valence-electron chi connectivity index (χ1n) is 7.42. The largest absolute Gasteiger partial charge is 0.383 e. The Kier molecular flexibility index (Phi) is 7.76. The van der Waals surface area contributed by atoms with Gasteiger partial charge in [-0.05, 0) is 42.3 Å². The summed E-state index contributed by atoms with van der Waals surface area (Å²) in [6, 6.07) is 9.09. The van der Waals surface area contributed by atoms with Crippen molar-refractivity contribution in [2.24, 2.45) is 5.92 Å². The fraction of sp³-hybridized carbons (Fsp3) is 0.647. The Labute approximate surface area is 118 Å². The molecule has 1 unspecified atom stereocenters. The molecule has 1 atom stereocenters. The number of ether oxygens (including phenoxy) is 1. The molecule has 0 fully saturated rings. The van der Waals surface area contributed by atoms with Gasteiger partial charge in [0.1, 0.15) is 0 Å². The van der Waals surface area contributed by atoms with Crippen molar-refractivity contribution in [3.05, 3.63) is 35.4 Å². The number of rotatable bonds is 9. The van der Waals surface area contributed by atoms with E-state index in [-0.39, 0.29) is 0 Å². The van der Waals surface area contributed by atoms with E-state index in [1.807, 2.05) is 0 Å². The van der Waals surface area contributed by atoms with Crippen LogP contribution < -0.4 is 5.32 Å². The first-order valence-corrected chi connectivity index (χ1v) is 7.42. The monoisotopic (exact) mass is 263 g/mol. The highest BCUT2D eigenvalue weighted by Crippen LogP contribution is 2.16. The number of nitrogens with one attached hydrogen (secondary N) is 1. The minimum atomic E-state index is 0.623. The molecule has 0 aliphatic rings. The number of benzene rings is 1. The summed E-state index contributed by atoms with van der Waals surface area (Å²) in [7, 11) is 1.74. The SMILES string of the molecule is COCCNCC(C)CCc1ccc(C(C)C)cc1. The molecule has 2 nitrogen and oxygen atoms in total. The molecule has 0 heterocycles. The Hall–Kier alpha value is -0.860. The van der Waals surface area contributed by atoms with Gasteiger partial charge in [-0.3, -0.25) is 0 Å². The van der Waals surface area contributed by atoms with Crippen LogP contribution >= 0.6 is 0 Å². The minimum absolute atomic E-state index is 0.623. The molecule has 0 amide bonds. The standard InChI is InChI=1S/C17H29NO/c1-14(2)17-9-7-16(8-10-17)6-5-15(3)13-18-11-12-19-4/h7-10,14-15,18H,5-6,11-13H2,1-4H3. The fourth-order valence-corrected chi connectivity index (χ4v) is 2.11. The lowest BCUT2D eigenvalue weighted by molar-refractivity contribution is 0.198. The van der Waals surface area contributed by atoms with E-state index in [0.717, 1.165) is 19.7 Å². The third-order valence-electron chi connectivity index (χ3n) is 3.55. The second-order valence-corrected chi connectivity index (χ2v) is 5.74. The van der Waals surface area contributed by atoms with Crippen molar-refractivity contribution < 1.29 is 4.74 Å². The maximum Gasteiger partial charge on any atom is 0.0587 e. The Bertz CT molecular complexity index is 332. The Morgan fingerprint density at radius 1 is 1.11 bits per heavy atom. The number of methoxy groups -OCH3 is 1. The molecule has 0 bridgehead atoms. The van der Waals surface area contributed by atoms with Gasteiger partial charge in [0.15, 0.2) is 0 Å². The molecule has 1 aromatic rings. The van der Waals surface area contributed by atoms with E-state index < -0.39 is 0 Å². The van der Waals surface area contributed by atoms with Crippen LogP contribution in [-0.2, 0) is 11.2 Å². The van der Waals surface area contributed by atoms with E-state index >= 15 is 0 Å². The Morgan fingerprint density at radius 2 is 1.79 bits per heavy atom.